The van der Waals surface area contributed by atoms with Crippen LogP contribution >= 0.6 is 12.4 Å². The van der Waals surface area contributed by atoms with E-state index in [1.54, 1.807) is 18.2 Å². The van der Waals surface area contributed by atoms with Crippen LogP contribution in [0.3, 0.4) is 0 Å². The lowest BCUT2D eigenvalue weighted by atomic mass is 9.89. The summed E-state index contributed by atoms with van der Waals surface area (Å²) in [5, 5.41) is 3.38. The number of halogens is 1. The third-order valence-electron chi connectivity index (χ3n) is 9.98. The van der Waals surface area contributed by atoms with Crippen LogP contribution in [0.15, 0.2) is 109 Å². The van der Waals surface area contributed by atoms with E-state index < -0.39 is 0 Å². The van der Waals surface area contributed by atoms with E-state index in [0.29, 0.717) is 23.6 Å². The Morgan fingerprint density at radius 2 is 1.06 bits per heavy atom. The number of amides is 2. The maximum Gasteiger partial charge on any atom is 0.265 e. The minimum Gasteiger partial charge on any atom is -0.482 e. The number of para-hydroxylation sites is 4. The number of hydrogen-bond acceptors (Lipinski definition) is 7. The van der Waals surface area contributed by atoms with Crippen molar-refractivity contribution in [2.75, 3.05) is 68.8 Å². The molecule has 2 amide bonds. The Morgan fingerprint density at radius 1 is 0.596 bits per heavy atom. The van der Waals surface area contributed by atoms with Crippen LogP contribution in [-0.4, -0.2) is 82.0 Å². The number of ether oxygens (including phenoxy) is 2. The van der Waals surface area contributed by atoms with Crippen molar-refractivity contribution in [1.29, 1.82) is 0 Å². The van der Waals surface area contributed by atoms with E-state index in [1.165, 1.54) is 54.8 Å². The number of carbonyl (C=O) groups excluding carboxylic acids is 3. The molecule has 8 rings (SSSR count). The van der Waals surface area contributed by atoms with E-state index in [0.717, 1.165) is 43.5 Å². The molecule has 0 atom stereocenters. The summed E-state index contributed by atoms with van der Waals surface area (Å²) in [5.41, 5.74) is 4.53. The lowest BCUT2D eigenvalue weighted by Gasteiger charge is -2.35. The number of anilines is 2. The van der Waals surface area contributed by atoms with Gasteiger partial charge < -0.3 is 29.4 Å². The molecule has 52 heavy (non-hydrogen) atoms. The fourth-order valence-electron chi connectivity index (χ4n) is 7.16. The number of benzene rings is 4. The van der Waals surface area contributed by atoms with Crippen LogP contribution in [0, 0.1) is 0 Å². The van der Waals surface area contributed by atoms with Gasteiger partial charge in [-0.3, -0.25) is 14.5 Å². The van der Waals surface area contributed by atoms with Gasteiger partial charge in [0.2, 0.25) is 0 Å². The zero-order valence-corrected chi connectivity index (χ0v) is 30.4. The van der Waals surface area contributed by atoms with Crippen molar-refractivity contribution in [2.24, 2.45) is 0 Å². The summed E-state index contributed by atoms with van der Waals surface area (Å²) in [6, 6.07) is 36.6. The van der Waals surface area contributed by atoms with E-state index in [4.69, 9.17) is 9.47 Å². The Morgan fingerprint density at radius 3 is 1.60 bits per heavy atom. The van der Waals surface area contributed by atoms with Gasteiger partial charge >= 0.3 is 0 Å². The van der Waals surface area contributed by atoms with Gasteiger partial charge in [0.15, 0.2) is 13.2 Å². The number of aldehydes is 1. The van der Waals surface area contributed by atoms with Gasteiger partial charge in [-0.2, -0.15) is 0 Å². The van der Waals surface area contributed by atoms with E-state index in [-0.39, 0.29) is 44.0 Å². The molecular weight excluding hydrogens is 676 g/mol. The van der Waals surface area contributed by atoms with Crippen LogP contribution in [0.5, 0.6) is 11.5 Å². The number of piperidine rings is 2. The van der Waals surface area contributed by atoms with Gasteiger partial charge in [0, 0.05) is 13.1 Å². The first-order chi connectivity index (χ1) is 25.1. The number of carbonyl (C=O) groups is 3. The van der Waals surface area contributed by atoms with Crippen LogP contribution in [0.1, 0.15) is 48.6 Å². The summed E-state index contributed by atoms with van der Waals surface area (Å²) in [5.74, 6) is 2.79. The van der Waals surface area contributed by atoms with E-state index in [2.05, 4.69) is 70.9 Å². The predicted octanol–water partition coefficient (Wildman–Crippen LogP) is 6.48. The Hall–Kier alpha value is -4.70. The Labute approximate surface area is 313 Å². The molecule has 0 aliphatic carbocycles. The van der Waals surface area contributed by atoms with Gasteiger partial charge in [-0.05, 0) is 99.1 Å². The Kier molecular flexibility index (Phi) is 14.7. The quantitative estimate of drug-likeness (QED) is 0.218. The average molecular weight is 725 g/mol. The van der Waals surface area contributed by atoms with Crippen LogP contribution in [0.4, 0.5) is 11.4 Å². The molecule has 0 unspecified atom stereocenters. The normalized spacial score (nSPS) is 17.4. The summed E-state index contributed by atoms with van der Waals surface area (Å²) in [7, 11) is 0. The fraction of sp³-hybridized carbons (Fsp3) is 0.357. The zero-order valence-electron chi connectivity index (χ0n) is 29.6. The molecule has 4 aromatic carbocycles. The van der Waals surface area contributed by atoms with Crippen LogP contribution < -0.4 is 24.6 Å². The Bertz CT molecular complexity index is 1710. The van der Waals surface area contributed by atoms with Crippen molar-refractivity contribution < 1.29 is 23.9 Å². The predicted molar refractivity (Wildman–Crippen MR) is 208 cm³/mol. The lowest BCUT2D eigenvalue weighted by Crippen LogP contribution is -2.44. The first-order valence-corrected chi connectivity index (χ1v) is 18.1. The summed E-state index contributed by atoms with van der Waals surface area (Å²) in [6.07, 6.45) is 5.68. The number of nitrogens with one attached hydrogen (secondary N) is 1. The highest BCUT2D eigenvalue weighted by Crippen LogP contribution is 2.33. The molecule has 2 saturated heterocycles. The second-order valence-corrected chi connectivity index (χ2v) is 13.2. The molecule has 4 aromatic rings. The smallest absolute Gasteiger partial charge is 0.265 e. The molecule has 274 valence electrons. The van der Waals surface area contributed by atoms with Gasteiger partial charge in [0.25, 0.3) is 11.8 Å². The maximum absolute atomic E-state index is 12.2. The second kappa shape index (κ2) is 19.8. The van der Waals surface area contributed by atoms with E-state index >= 15 is 0 Å². The molecule has 0 bridgehead atoms. The minimum atomic E-state index is -0.184. The molecule has 4 heterocycles. The number of hydrogen-bond donors (Lipinski definition) is 1. The topological polar surface area (TPSA) is 91.4 Å². The highest BCUT2D eigenvalue weighted by Gasteiger charge is 2.27. The Balaban J connectivity index is 0.000000164. The summed E-state index contributed by atoms with van der Waals surface area (Å²) < 4.78 is 10.7. The number of nitrogens with zero attached hydrogens (tertiary/aromatic N) is 3. The minimum absolute atomic E-state index is 0. The van der Waals surface area contributed by atoms with Crippen molar-refractivity contribution >= 4 is 41.9 Å². The highest BCUT2D eigenvalue weighted by molar-refractivity contribution is 6.00. The van der Waals surface area contributed by atoms with Crippen LogP contribution in [0.2, 0.25) is 0 Å². The standard InChI is InChI=1S/C21H24N2O2.C11H15N.C10H9NO3.ClH/c24-21-16-25-20-9-5-4-8-19(20)23(21)15-14-22-12-10-18(11-13-22)17-6-2-1-3-7-17;1-2-4-10(5-3-1)11-6-8-12-9-7-11;12-6-5-11-8-3-1-2-4-9(8)14-7-10(11)13;/h1-9,18H,10-16H2;1-5,11-12H,6-9H2;1-4,6H,5,7H2;1H. The van der Waals surface area contributed by atoms with Gasteiger partial charge in [-0.1, -0.05) is 84.9 Å². The molecule has 4 aliphatic heterocycles. The molecular formula is C42H49ClN4O5. The lowest BCUT2D eigenvalue weighted by molar-refractivity contribution is -0.122. The average Bonchev–Trinajstić information content (AvgIpc) is 3.20. The van der Waals surface area contributed by atoms with Crippen LogP contribution in [-0.2, 0) is 14.4 Å². The van der Waals surface area contributed by atoms with Gasteiger partial charge in [-0.25, -0.2) is 0 Å². The van der Waals surface area contributed by atoms with Gasteiger partial charge in [0.05, 0.1) is 17.9 Å². The zero-order chi connectivity index (χ0) is 35.3. The first kappa shape index (κ1) is 38.5. The SMILES string of the molecule is Cl.O=C1COc2ccccc2N1CCN1CCC(c2ccccc2)CC1.O=CCN1C(=O)COc2ccccc21.c1ccc(C2CCNCC2)cc1. The fourth-order valence-corrected chi connectivity index (χ4v) is 7.16. The van der Waals surface area contributed by atoms with E-state index in [9.17, 15) is 14.4 Å². The van der Waals surface area contributed by atoms with Crippen molar-refractivity contribution in [2.45, 2.75) is 37.5 Å². The number of rotatable bonds is 7. The summed E-state index contributed by atoms with van der Waals surface area (Å²) >= 11 is 0. The molecule has 0 aromatic heterocycles. The monoisotopic (exact) mass is 724 g/mol. The molecule has 0 saturated carbocycles. The summed E-state index contributed by atoms with van der Waals surface area (Å²) in [4.78, 5) is 39.8. The third kappa shape index (κ3) is 10.2. The van der Waals surface area contributed by atoms with Crippen molar-refractivity contribution in [3.8, 4) is 11.5 Å². The number of fused-ring (bicyclic) bond motifs is 2. The molecule has 10 heteroatoms. The molecule has 2 fully saturated rings. The van der Waals surface area contributed by atoms with Gasteiger partial charge in [-0.15, -0.1) is 12.4 Å². The van der Waals surface area contributed by atoms with Crippen molar-refractivity contribution in [3.63, 3.8) is 0 Å². The molecule has 1 N–H and O–H groups in total. The molecule has 4 aliphatic rings. The largest absolute Gasteiger partial charge is 0.482 e. The highest BCUT2D eigenvalue weighted by atomic mass is 35.5. The third-order valence-corrected chi connectivity index (χ3v) is 9.98. The second-order valence-electron chi connectivity index (χ2n) is 13.2. The summed E-state index contributed by atoms with van der Waals surface area (Å²) in [6.45, 7) is 6.44. The number of likely N-dealkylation sites (tertiary alicyclic amines) is 1. The van der Waals surface area contributed by atoms with Crippen molar-refractivity contribution in [1.82, 2.24) is 10.2 Å². The first-order valence-electron chi connectivity index (χ1n) is 18.1. The molecule has 9 nitrogen and oxygen atoms in total. The molecule has 0 spiro atoms. The maximum atomic E-state index is 12.2. The molecule has 0 radical (unpaired) electrons. The van der Waals surface area contributed by atoms with Gasteiger partial charge in [0.1, 0.15) is 17.8 Å². The van der Waals surface area contributed by atoms with Crippen LogP contribution in [0.25, 0.3) is 0 Å². The van der Waals surface area contributed by atoms with Crippen molar-refractivity contribution in [3.05, 3.63) is 120 Å². The van der Waals surface area contributed by atoms with E-state index in [1.807, 2.05) is 35.2 Å².